The van der Waals surface area contributed by atoms with Crippen LogP contribution in [0.15, 0.2) is 48.5 Å². The van der Waals surface area contributed by atoms with Crippen molar-refractivity contribution in [2.45, 2.75) is 33.2 Å². The number of hydrogen-bond acceptors (Lipinski definition) is 3. The Hall–Kier alpha value is -2.34. The number of carbonyl (C=O) groups is 1. The Labute approximate surface area is 156 Å². The van der Waals surface area contributed by atoms with Crippen LogP contribution in [-0.2, 0) is 14.8 Å². The predicted molar refractivity (Wildman–Crippen MR) is 106 cm³/mol. The molecule has 1 atom stereocenters. The van der Waals surface area contributed by atoms with Gasteiger partial charge in [-0.2, -0.15) is 0 Å². The van der Waals surface area contributed by atoms with Crippen LogP contribution in [0.1, 0.15) is 36.1 Å². The van der Waals surface area contributed by atoms with Crippen LogP contribution in [0, 0.1) is 13.8 Å². The summed E-state index contributed by atoms with van der Waals surface area (Å²) >= 11 is 0. The number of benzene rings is 2. The molecule has 2 aromatic rings. The summed E-state index contributed by atoms with van der Waals surface area (Å²) < 4.78 is 25.5. The summed E-state index contributed by atoms with van der Waals surface area (Å²) in [5, 5.41) is 2.94. The lowest BCUT2D eigenvalue weighted by molar-refractivity contribution is -0.120. The maximum Gasteiger partial charge on any atom is 0.241 e. The van der Waals surface area contributed by atoms with Crippen LogP contribution in [0.25, 0.3) is 0 Å². The van der Waals surface area contributed by atoms with Crippen molar-refractivity contribution in [3.63, 3.8) is 0 Å². The maximum atomic E-state index is 12.5. The molecular formula is C20H26N2O3S. The summed E-state index contributed by atoms with van der Waals surface area (Å²) in [4.78, 5) is 12.5. The number of hydrogen-bond donors (Lipinski definition) is 1. The molecule has 1 unspecified atom stereocenters. The van der Waals surface area contributed by atoms with Gasteiger partial charge in [-0.05, 0) is 38.0 Å². The molecule has 2 aromatic carbocycles. The van der Waals surface area contributed by atoms with Crippen molar-refractivity contribution in [1.82, 2.24) is 5.32 Å². The van der Waals surface area contributed by atoms with Crippen LogP contribution >= 0.6 is 0 Å². The number of rotatable bonds is 7. The van der Waals surface area contributed by atoms with E-state index in [1.165, 1.54) is 0 Å². The molecule has 0 heterocycles. The molecule has 140 valence electrons. The van der Waals surface area contributed by atoms with E-state index in [1.54, 1.807) is 12.1 Å². The van der Waals surface area contributed by atoms with E-state index >= 15 is 0 Å². The van der Waals surface area contributed by atoms with Crippen LogP contribution < -0.4 is 9.62 Å². The van der Waals surface area contributed by atoms with E-state index in [0.29, 0.717) is 5.69 Å². The first kappa shape index (κ1) is 20.0. The van der Waals surface area contributed by atoms with E-state index in [1.807, 2.05) is 57.2 Å². The van der Waals surface area contributed by atoms with Gasteiger partial charge >= 0.3 is 0 Å². The van der Waals surface area contributed by atoms with Crippen molar-refractivity contribution in [2.24, 2.45) is 0 Å². The van der Waals surface area contributed by atoms with Crippen molar-refractivity contribution < 1.29 is 13.2 Å². The third kappa shape index (κ3) is 5.33. The fraction of sp³-hybridized carbons (Fsp3) is 0.350. The molecule has 0 aromatic heterocycles. The first-order chi connectivity index (χ1) is 12.2. The third-order valence-corrected chi connectivity index (χ3v) is 5.37. The van der Waals surface area contributed by atoms with Gasteiger partial charge in [-0.1, -0.05) is 54.4 Å². The number of sulfonamides is 1. The Bertz CT molecular complexity index is 844. The quantitative estimate of drug-likeness (QED) is 0.808. The number of aryl methyl sites for hydroxylation is 2. The lowest BCUT2D eigenvalue weighted by atomic mass is 10.0. The maximum absolute atomic E-state index is 12.5. The zero-order valence-electron chi connectivity index (χ0n) is 15.7. The smallest absolute Gasteiger partial charge is 0.241 e. The lowest BCUT2D eigenvalue weighted by Gasteiger charge is -2.24. The van der Waals surface area contributed by atoms with Gasteiger partial charge in [0.15, 0.2) is 0 Å². The molecule has 0 fully saturated rings. The molecule has 0 saturated heterocycles. The summed E-state index contributed by atoms with van der Waals surface area (Å²) in [6, 6.07) is 14.9. The number of carbonyl (C=O) groups excluding carboxylic acids is 1. The fourth-order valence-corrected chi connectivity index (χ4v) is 3.56. The first-order valence-corrected chi connectivity index (χ1v) is 10.5. The first-order valence-electron chi connectivity index (χ1n) is 8.61. The predicted octanol–water partition coefficient (Wildman–Crippen LogP) is 3.34. The highest BCUT2D eigenvalue weighted by Crippen LogP contribution is 2.20. The van der Waals surface area contributed by atoms with E-state index < -0.39 is 10.0 Å². The van der Waals surface area contributed by atoms with Gasteiger partial charge in [0, 0.05) is 0 Å². The van der Waals surface area contributed by atoms with Crippen molar-refractivity contribution >= 4 is 21.6 Å². The summed E-state index contributed by atoms with van der Waals surface area (Å²) in [5.74, 6) is -0.330. The van der Waals surface area contributed by atoms with Crippen LogP contribution in [0.5, 0.6) is 0 Å². The highest BCUT2D eigenvalue weighted by atomic mass is 32.2. The second-order valence-electron chi connectivity index (χ2n) is 6.54. The van der Waals surface area contributed by atoms with Crippen molar-refractivity contribution in [2.75, 3.05) is 17.1 Å². The molecule has 2 rings (SSSR count). The minimum absolute atomic E-state index is 0.150. The monoisotopic (exact) mass is 374 g/mol. The zero-order valence-corrected chi connectivity index (χ0v) is 16.5. The molecule has 1 amide bonds. The van der Waals surface area contributed by atoms with Gasteiger partial charge in [0.2, 0.25) is 15.9 Å². The second-order valence-corrected chi connectivity index (χ2v) is 8.45. The Morgan fingerprint density at radius 3 is 1.96 bits per heavy atom. The van der Waals surface area contributed by atoms with Crippen LogP contribution in [0.2, 0.25) is 0 Å². The molecule has 1 N–H and O–H groups in total. The summed E-state index contributed by atoms with van der Waals surface area (Å²) in [5.41, 5.74) is 3.67. The van der Waals surface area contributed by atoms with Gasteiger partial charge < -0.3 is 5.32 Å². The number of nitrogens with zero attached hydrogens (tertiary/aromatic N) is 1. The Morgan fingerprint density at radius 2 is 1.50 bits per heavy atom. The van der Waals surface area contributed by atoms with Crippen LogP contribution in [0.3, 0.4) is 0 Å². The van der Waals surface area contributed by atoms with Gasteiger partial charge in [-0.25, -0.2) is 8.42 Å². The second kappa shape index (κ2) is 8.36. The van der Waals surface area contributed by atoms with Crippen molar-refractivity contribution in [3.05, 3.63) is 65.2 Å². The topological polar surface area (TPSA) is 66.5 Å². The average molecular weight is 375 g/mol. The molecule has 0 saturated carbocycles. The van der Waals surface area contributed by atoms with Crippen molar-refractivity contribution in [3.8, 4) is 0 Å². The van der Waals surface area contributed by atoms with Gasteiger partial charge in [-0.3, -0.25) is 9.10 Å². The summed E-state index contributed by atoms with van der Waals surface area (Å²) in [6.07, 6.45) is 1.83. The van der Waals surface area contributed by atoms with E-state index in [-0.39, 0.29) is 18.5 Å². The number of amides is 1. The van der Waals surface area contributed by atoms with Crippen LogP contribution in [0.4, 0.5) is 5.69 Å². The lowest BCUT2D eigenvalue weighted by Crippen LogP contribution is -2.41. The summed E-state index contributed by atoms with van der Waals surface area (Å²) in [7, 11) is -3.57. The normalized spacial score (nSPS) is 12.5. The minimum atomic E-state index is -3.57. The van der Waals surface area contributed by atoms with E-state index in [9.17, 15) is 13.2 Å². The van der Waals surface area contributed by atoms with E-state index in [2.05, 4.69) is 5.32 Å². The van der Waals surface area contributed by atoms with E-state index in [4.69, 9.17) is 0 Å². The molecule has 6 heteroatoms. The van der Waals surface area contributed by atoms with Gasteiger partial charge in [0.05, 0.1) is 18.0 Å². The molecular weight excluding hydrogens is 348 g/mol. The number of anilines is 1. The Kier molecular flexibility index (Phi) is 6.42. The van der Waals surface area contributed by atoms with E-state index in [0.717, 1.165) is 33.7 Å². The van der Waals surface area contributed by atoms with Gasteiger partial charge in [0.1, 0.15) is 6.54 Å². The molecule has 0 spiro atoms. The average Bonchev–Trinajstić information content (AvgIpc) is 2.58. The largest absolute Gasteiger partial charge is 0.348 e. The zero-order chi connectivity index (χ0) is 19.3. The Balaban J connectivity index is 2.16. The fourth-order valence-electron chi connectivity index (χ4n) is 2.70. The molecule has 26 heavy (non-hydrogen) atoms. The van der Waals surface area contributed by atoms with Crippen LogP contribution in [-0.4, -0.2) is 27.1 Å². The SMILES string of the molecule is CCC(NC(=O)CN(c1ccc(C)cc1)S(C)(=O)=O)c1ccc(C)cc1. The Morgan fingerprint density at radius 1 is 1.00 bits per heavy atom. The standard InChI is InChI=1S/C20H26N2O3S/c1-5-19(17-10-6-15(2)7-11-17)21-20(23)14-22(26(4,24)25)18-12-8-16(3)9-13-18/h6-13,19H,5,14H2,1-4H3,(H,21,23). The third-order valence-electron chi connectivity index (χ3n) is 4.23. The summed E-state index contributed by atoms with van der Waals surface area (Å²) in [6.45, 7) is 5.67. The minimum Gasteiger partial charge on any atom is -0.348 e. The highest BCUT2D eigenvalue weighted by molar-refractivity contribution is 7.92. The number of nitrogens with one attached hydrogen (secondary N) is 1. The van der Waals surface area contributed by atoms with Gasteiger partial charge in [0.25, 0.3) is 0 Å². The molecule has 0 bridgehead atoms. The molecule has 0 aliphatic carbocycles. The molecule has 5 nitrogen and oxygen atoms in total. The van der Waals surface area contributed by atoms with Gasteiger partial charge in [-0.15, -0.1) is 0 Å². The highest BCUT2D eigenvalue weighted by Gasteiger charge is 2.22. The molecule has 0 aliphatic rings. The molecule has 0 radical (unpaired) electrons. The molecule has 0 aliphatic heterocycles. The van der Waals surface area contributed by atoms with Crippen molar-refractivity contribution in [1.29, 1.82) is 0 Å².